The number of anilines is 2. The first-order valence-electron chi connectivity index (χ1n) is 7.55. The Morgan fingerprint density at radius 1 is 1.11 bits per heavy atom. The lowest BCUT2D eigenvalue weighted by molar-refractivity contribution is 0.220. The Labute approximate surface area is 181 Å². The highest BCUT2D eigenvalue weighted by Crippen LogP contribution is 2.39. The summed E-state index contributed by atoms with van der Waals surface area (Å²) < 4.78 is 31.3. The lowest BCUT2D eigenvalue weighted by Gasteiger charge is -2.19. The van der Waals surface area contributed by atoms with Crippen LogP contribution in [0.2, 0.25) is 15.1 Å². The van der Waals surface area contributed by atoms with Gasteiger partial charge >= 0.3 is 0 Å². The summed E-state index contributed by atoms with van der Waals surface area (Å²) in [6.45, 7) is -0.219. The molecule has 3 rings (SSSR count). The minimum Gasteiger partial charge on any atom is -0.504 e. The number of hydrogen-bond acceptors (Lipinski definition) is 5. The quantitative estimate of drug-likeness (QED) is 0.435. The minimum absolute atomic E-state index is 0.0303. The molecule has 1 aliphatic heterocycles. The van der Waals surface area contributed by atoms with Crippen molar-refractivity contribution in [3.63, 3.8) is 0 Å². The maximum Gasteiger partial charge on any atom is 0.271 e. The van der Waals surface area contributed by atoms with Crippen molar-refractivity contribution in [2.45, 2.75) is 4.90 Å². The van der Waals surface area contributed by atoms with E-state index in [-0.39, 0.29) is 27.6 Å². The molecule has 2 aromatic carbocycles. The third-order valence-corrected chi connectivity index (χ3v) is 6.85. The van der Waals surface area contributed by atoms with Gasteiger partial charge in [-0.15, -0.1) is 0 Å². The van der Waals surface area contributed by atoms with Crippen LogP contribution in [0.5, 0.6) is 5.75 Å². The summed E-state index contributed by atoms with van der Waals surface area (Å²) in [7, 11) is -4.13. The molecule has 12 heteroatoms. The summed E-state index contributed by atoms with van der Waals surface area (Å²) in [5.74, 6) is -0.589. The van der Waals surface area contributed by atoms with E-state index in [1.165, 1.54) is 24.6 Å². The summed E-state index contributed by atoms with van der Waals surface area (Å²) in [5, 5.41) is 16.6. The third kappa shape index (κ3) is 4.08. The van der Waals surface area contributed by atoms with Crippen molar-refractivity contribution in [1.29, 1.82) is 0 Å². The molecule has 0 saturated heterocycles. The Morgan fingerprint density at radius 2 is 1.82 bits per heavy atom. The summed E-state index contributed by atoms with van der Waals surface area (Å²) in [6, 6.07) is 7.66. The Morgan fingerprint density at radius 3 is 2.50 bits per heavy atom. The second kappa shape index (κ2) is 8.22. The monoisotopic (exact) mass is 479 g/mol. The largest absolute Gasteiger partial charge is 0.504 e. The van der Waals surface area contributed by atoms with Crippen LogP contribution in [0.15, 0.2) is 47.7 Å². The topological polar surface area (TPSA) is 90.9 Å². The van der Waals surface area contributed by atoms with E-state index < -0.39 is 20.7 Å². The van der Waals surface area contributed by atoms with E-state index in [0.717, 1.165) is 4.31 Å². The van der Waals surface area contributed by atoms with E-state index in [2.05, 4.69) is 10.6 Å². The number of rotatable bonds is 4. The molecule has 2 aromatic rings. The summed E-state index contributed by atoms with van der Waals surface area (Å²) >= 11 is 23.3. The Hall–Kier alpha value is -1.91. The van der Waals surface area contributed by atoms with Gasteiger partial charge in [-0.3, -0.25) is 0 Å². The molecule has 0 saturated carbocycles. The normalized spacial score (nSPS) is 13.3. The Bertz CT molecular complexity index is 1080. The van der Waals surface area contributed by atoms with Crippen LogP contribution in [-0.2, 0) is 14.8 Å². The molecule has 0 amide bonds. The van der Waals surface area contributed by atoms with Gasteiger partial charge in [-0.25, -0.2) is 12.7 Å². The molecule has 3 N–H and O–H groups in total. The van der Waals surface area contributed by atoms with Gasteiger partial charge in [-0.05, 0) is 36.5 Å². The number of halogens is 3. The predicted octanol–water partition coefficient (Wildman–Crippen LogP) is 4.61. The molecule has 0 fully saturated rings. The standard InChI is InChI=1S/C16H12Cl3N3O4S2/c17-9-2-1-3-11(13(9)19)20-16(27)21-12-5-4-10(18)15(14(12)23)28(24,25)22-6-7-26-8-22/h1-7,23H,8H2,(H2,20,21,27). The Balaban J connectivity index is 1.88. The van der Waals surface area contributed by atoms with Crippen LogP contribution in [0, 0.1) is 0 Å². The first-order valence-corrected chi connectivity index (χ1v) is 10.5. The third-order valence-electron chi connectivity index (χ3n) is 3.62. The van der Waals surface area contributed by atoms with Crippen molar-refractivity contribution in [3.05, 3.63) is 57.9 Å². The Kier molecular flexibility index (Phi) is 6.11. The maximum atomic E-state index is 12.7. The lowest BCUT2D eigenvalue weighted by atomic mass is 10.3. The number of nitrogens with zero attached hydrogens (tertiary/aromatic N) is 1. The molecular weight excluding hydrogens is 469 g/mol. The van der Waals surface area contributed by atoms with Gasteiger partial charge in [0.15, 0.2) is 17.6 Å². The molecular formula is C16H12Cl3N3O4S2. The van der Waals surface area contributed by atoms with E-state index in [1.54, 1.807) is 18.2 Å². The van der Waals surface area contributed by atoms with Gasteiger partial charge in [0.1, 0.15) is 11.2 Å². The molecule has 0 radical (unpaired) electrons. The fourth-order valence-corrected chi connectivity index (χ4v) is 4.63. The summed E-state index contributed by atoms with van der Waals surface area (Å²) in [6.07, 6.45) is 2.44. The minimum atomic E-state index is -4.13. The number of thiocarbonyl (C=S) groups is 1. The SMILES string of the molecule is O=S(=O)(c1c(Cl)ccc(NC(=S)Nc2cccc(Cl)c2Cl)c1O)N1C=COC1. The molecule has 28 heavy (non-hydrogen) atoms. The number of nitrogens with one attached hydrogen (secondary N) is 2. The number of aromatic hydroxyl groups is 1. The van der Waals surface area contributed by atoms with Crippen LogP contribution in [0.1, 0.15) is 0 Å². The molecule has 0 spiro atoms. The van der Waals surface area contributed by atoms with Gasteiger partial charge < -0.3 is 20.5 Å². The molecule has 0 aromatic heterocycles. The van der Waals surface area contributed by atoms with E-state index in [4.69, 9.17) is 51.8 Å². The van der Waals surface area contributed by atoms with Crippen molar-refractivity contribution >= 4 is 73.5 Å². The van der Waals surface area contributed by atoms with E-state index in [1.807, 2.05) is 0 Å². The summed E-state index contributed by atoms with van der Waals surface area (Å²) in [4.78, 5) is -0.474. The zero-order valence-corrected chi connectivity index (χ0v) is 17.7. The van der Waals surface area contributed by atoms with Crippen LogP contribution in [0.25, 0.3) is 0 Å². The molecule has 7 nitrogen and oxygen atoms in total. The maximum absolute atomic E-state index is 12.7. The number of hydrogen-bond donors (Lipinski definition) is 3. The fourth-order valence-electron chi connectivity index (χ4n) is 2.31. The summed E-state index contributed by atoms with van der Waals surface area (Å²) in [5.41, 5.74) is 0.468. The molecule has 148 valence electrons. The number of ether oxygens (including phenoxy) is 1. The molecule has 0 unspecified atom stereocenters. The number of phenols is 1. The highest BCUT2D eigenvalue weighted by molar-refractivity contribution is 7.89. The average Bonchev–Trinajstić information content (AvgIpc) is 3.17. The van der Waals surface area contributed by atoms with Crippen LogP contribution < -0.4 is 10.6 Å². The first-order chi connectivity index (χ1) is 13.2. The van der Waals surface area contributed by atoms with Crippen LogP contribution in [0.4, 0.5) is 11.4 Å². The molecule has 1 heterocycles. The molecule has 1 aliphatic rings. The van der Waals surface area contributed by atoms with Gasteiger partial charge in [0.2, 0.25) is 0 Å². The highest BCUT2D eigenvalue weighted by Gasteiger charge is 2.31. The van der Waals surface area contributed by atoms with Crippen molar-refractivity contribution in [2.75, 3.05) is 17.4 Å². The van der Waals surface area contributed by atoms with Crippen molar-refractivity contribution in [2.24, 2.45) is 0 Å². The number of sulfonamides is 1. The van der Waals surface area contributed by atoms with Gasteiger partial charge in [0, 0.05) is 0 Å². The van der Waals surface area contributed by atoms with E-state index >= 15 is 0 Å². The number of benzene rings is 2. The smallest absolute Gasteiger partial charge is 0.271 e. The molecule has 0 atom stereocenters. The van der Waals surface area contributed by atoms with Crippen molar-refractivity contribution in [1.82, 2.24) is 4.31 Å². The average molecular weight is 481 g/mol. The zero-order chi connectivity index (χ0) is 20.5. The second-order valence-corrected chi connectivity index (χ2v) is 8.85. The van der Waals surface area contributed by atoms with Crippen LogP contribution >= 0.6 is 47.0 Å². The van der Waals surface area contributed by atoms with Gasteiger partial charge in [-0.2, -0.15) is 0 Å². The first kappa shape index (κ1) is 20.8. The molecule has 0 bridgehead atoms. The lowest BCUT2D eigenvalue weighted by Crippen LogP contribution is -2.25. The molecule has 0 aliphatic carbocycles. The zero-order valence-electron chi connectivity index (χ0n) is 13.8. The van der Waals surface area contributed by atoms with Crippen molar-refractivity contribution < 1.29 is 18.3 Å². The van der Waals surface area contributed by atoms with E-state index in [0.29, 0.717) is 10.7 Å². The highest BCUT2D eigenvalue weighted by atomic mass is 35.5. The second-order valence-electron chi connectivity index (χ2n) is 5.43. The van der Waals surface area contributed by atoms with Gasteiger partial charge in [0.05, 0.1) is 32.6 Å². The number of phenolic OH excluding ortho intramolecular Hbond substituents is 1. The van der Waals surface area contributed by atoms with Crippen LogP contribution in [0.3, 0.4) is 0 Å². The van der Waals surface area contributed by atoms with E-state index in [9.17, 15) is 13.5 Å². The predicted molar refractivity (Wildman–Crippen MR) is 114 cm³/mol. The van der Waals surface area contributed by atoms with Gasteiger partial charge in [-0.1, -0.05) is 40.9 Å². The fraction of sp³-hybridized carbons (Fsp3) is 0.0625. The van der Waals surface area contributed by atoms with Gasteiger partial charge in [0.25, 0.3) is 10.0 Å². The van der Waals surface area contributed by atoms with Crippen LogP contribution in [-0.4, -0.2) is 29.7 Å². The van der Waals surface area contributed by atoms with Crippen molar-refractivity contribution in [3.8, 4) is 5.75 Å².